The van der Waals surface area contributed by atoms with Crippen LogP contribution in [0.5, 0.6) is 0 Å². The van der Waals surface area contributed by atoms with Gasteiger partial charge in [0.05, 0.1) is 6.54 Å². The Labute approximate surface area is 72.7 Å². The molecule has 1 aliphatic rings. The first-order valence-corrected chi connectivity index (χ1v) is 4.54. The highest BCUT2D eigenvalue weighted by Gasteiger charge is 2.38. The molecule has 0 aromatic rings. The van der Waals surface area contributed by atoms with Crippen molar-refractivity contribution in [3.63, 3.8) is 0 Å². The molecule has 0 amide bonds. The summed E-state index contributed by atoms with van der Waals surface area (Å²) in [6, 6.07) is -0.324. The Kier molecular flexibility index (Phi) is 3.03. The predicted molar refractivity (Wildman–Crippen MR) is 46.7 cm³/mol. The van der Waals surface area contributed by atoms with E-state index >= 15 is 0 Å². The van der Waals surface area contributed by atoms with Gasteiger partial charge in [0, 0.05) is 17.4 Å². The normalized spacial score (nSPS) is 30.8. The van der Waals surface area contributed by atoms with E-state index in [2.05, 4.69) is 11.8 Å². The Morgan fingerprint density at radius 3 is 2.50 bits per heavy atom. The summed E-state index contributed by atoms with van der Waals surface area (Å²) in [6.45, 7) is 6.55. The molecule has 4 nitrogen and oxygen atoms in total. The standard InChI is InChI=1S/C8H16N2O2/c1-3-7-5-9(4-2)6-8(7)10(11)12/h7-8H,3-6H2,1-2H3. The van der Waals surface area contributed by atoms with Crippen LogP contribution in [0.15, 0.2) is 0 Å². The van der Waals surface area contributed by atoms with Crippen molar-refractivity contribution < 1.29 is 4.92 Å². The second kappa shape index (κ2) is 3.85. The Hall–Kier alpha value is -0.640. The third kappa shape index (κ3) is 1.75. The summed E-state index contributed by atoms with van der Waals surface area (Å²) in [6.07, 6.45) is 0.919. The van der Waals surface area contributed by atoms with Gasteiger partial charge in [-0.05, 0) is 13.0 Å². The second-order valence-electron chi connectivity index (χ2n) is 3.37. The van der Waals surface area contributed by atoms with Crippen LogP contribution in [0.1, 0.15) is 20.3 Å². The van der Waals surface area contributed by atoms with Gasteiger partial charge in [-0.1, -0.05) is 13.8 Å². The molecule has 0 spiro atoms. The molecule has 70 valence electrons. The summed E-state index contributed by atoms with van der Waals surface area (Å²) in [5.41, 5.74) is 0. The van der Waals surface area contributed by atoms with Crippen molar-refractivity contribution in [1.29, 1.82) is 0 Å². The van der Waals surface area contributed by atoms with Crippen LogP contribution in [0.4, 0.5) is 0 Å². The Bertz CT molecular complexity index is 172. The fourth-order valence-electron chi connectivity index (χ4n) is 1.84. The van der Waals surface area contributed by atoms with E-state index in [0.717, 1.165) is 19.5 Å². The Morgan fingerprint density at radius 1 is 1.50 bits per heavy atom. The first-order valence-electron chi connectivity index (χ1n) is 4.54. The molecule has 2 atom stereocenters. The Morgan fingerprint density at radius 2 is 2.17 bits per heavy atom. The molecule has 2 unspecified atom stereocenters. The average molecular weight is 172 g/mol. The minimum Gasteiger partial charge on any atom is -0.297 e. The van der Waals surface area contributed by atoms with Crippen molar-refractivity contribution in [2.24, 2.45) is 5.92 Å². The van der Waals surface area contributed by atoms with Gasteiger partial charge in [0.1, 0.15) is 0 Å². The van der Waals surface area contributed by atoms with E-state index in [1.54, 1.807) is 0 Å². The minimum atomic E-state index is -0.324. The maximum atomic E-state index is 10.6. The van der Waals surface area contributed by atoms with E-state index in [1.807, 2.05) is 6.92 Å². The predicted octanol–water partition coefficient (Wildman–Crippen LogP) is 0.993. The largest absolute Gasteiger partial charge is 0.297 e. The highest BCUT2D eigenvalue weighted by molar-refractivity contribution is 4.82. The lowest BCUT2D eigenvalue weighted by atomic mass is 10.0. The molecule has 0 bridgehead atoms. The molecule has 1 rings (SSSR count). The van der Waals surface area contributed by atoms with Crippen LogP contribution in [0.3, 0.4) is 0 Å². The van der Waals surface area contributed by atoms with Crippen molar-refractivity contribution in [2.45, 2.75) is 26.3 Å². The quantitative estimate of drug-likeness (QED) is 0.471. The third-order valence-electron chi connectivity index (χ3n) is 2.72. The van der Waals surface area contributed by atoms with Crippen LogP contribution in [0.2, 0.25) is 0 Å². The molecule has 0 saturated carbocycles. The maximum absolute atomic E-state index is 10.6. The molecule has 1 aliphatic heterocycles. The van der Waals surface area contributed by atoms with Crippen LogP contribution in [-0.2, 0) is 0 Å². The molecule has 0 aromatic heterocycles. The van der Waals surface area contributed by atoms with Gasteiger partial charge in [-0.2, -0.15) is 0 Å². The Balaban J connectivity index is 2.56. The van der Waals surface area contributed by atoms with E-state index < -0.39 is 0 Å². The van der Waals surface area contributed by atoms with Gasteiger partial charge in [-0.15, -0.1) is 0 Å². The average Bonchev–Trinajstić information content (AvgIpc) is 2.47. The first kappa shape index (κ1) is 9.45. The van der Waals surface area contributed by atoms with E-state index in [-0.39, 0.29) is 16.9 Å². The number of likely N-dealkylation sites (N-methyl/N-ethyl adjacent to an activating group) is 1. The second-order valence-corrected chi connectivity index (χ2v) is 3.37. The summed E-state index contributed by atoms with van der Waals surface area (Å²) >= 11 is 0. The number of rotatable bonds is 3. The van der Waals surface area contributed by atoms with Gasteiger partial charge >= 0.3 is 0 Å². The monoisotopic (exact) mass is 172 g/mol. The van der Waals surface area contributed by atoms with Crippen molar-refractivity contribution >= 4 is 0 Å². The van der Waals surface area contributed by atoms with Crippen LogP contribution in [0.25, 0.3) is 0 Å². The minimum absolute atomic E-state index is 0.121. The van der Waals surface area contributed by atoms with Crippen molar-refractivity contribution in [3.05, 3.63) is 10.1 Å². The van der Waals surface area contributed by atoms with E-state index in [9.17, 15) is 10.1 Å². The first-order chi connectivity index (χ1) is 5.69. The zero-order valence-electron chi connectivity index (χ0n) is 7.69. The van der Waals surface area contributed by atoms with Gasteiger partial charge in [-0.25, -0.2) is 0 Å². The van der Waals surface area contributed by atoms with Gasteiger partial charge in [0.2, 0.25) is 6.04 Å². The molecule has 1 fully saturated rings. The van der Waals surface area contributed by atoms with Crippen molar-refractivity contribution in [1.82, 2.24) is 4.90 Å². The number of nitrogens with zero attached hydrogens (tertiary/aromatic N) is 2. The maximum Gasteiger partial charge on any atom is 0.229 e. The third-order valence-corrected chi connectivity index (χ3v) is 2.72. The number of hydrogen-bond acceptors (Lipinski definition) is 3. The summed E-state index contributed by atoms with van der Waals surface area (Å²) in [4.78, 5) is 12.6. The molecule has 1 heterocycles. The van der Waals surface area contributed by atoms with Crippen LogP contribution in [0, 0.1) is 16.0 Å². The lowest BCUT2D eigenvalue weighted by molar-refractivity contribution is -0.525. The van der Waals surface area contributed by atoms with Crippen LogP contribution >= 0.6 is 0 Å². The fraction of sp³-hybridized carbons (Fsp3) is 1.00. The van der Waals surface area contributed by atoms with Crippen molar-refractivity contribution in [3.8, 4) is 0 Å². The molecular weight excluding hydrogens is 156 g/mol. The molecule has 1 saturated heterocycles. The van der Waals surface area contributed by atoms with Gasteiger partial charge in [0.25, 0.3) is 0 Å². The SMILES string of the molecule is CCC1CN(CC)CC1[N+](=O)[O-]. The molecule has 0 aromatic carbocycles. The fourth-order valence-corrected chi connectivity index (χ4v) is 1.84. The molecule has 0 N–H and O–H groups in total. The number of hydrogen-bond donors (Lipinski definition) is 0. The molecule has 0 aliphatic carbocycles. The number of nitro groups is 1. The van der Waals surface area contributed by atoms with Gasteiger partial charge in [0.15, 0.2) is 0 Å². The van der Waals surface area contributed by atoms with Gasteiger partial charge < -0.3 is 0 Å². The summed E-state index contributed by atoms with van der Waals surface area (Å²) < 4.78 is 0. The highest BCUT2D eigenvalue weighted by Crippen LogP contribution is 2.21. The topological polar surface area (TPSA) is 46.4 Å². The summed E-state index contributed by atoms with van der Waals surface area (Å²) in [7, 11) is 0. The van der Waals surface area contributed by atoms with E-state index in [1.165, 1.54) is 0 Å². The summed E-state index contributed by atoms with van der Waals surface area (Å²) in [5, 5.41) is 10.6. The summed E-state index contributed by atoms with van der Waals surface area (Å²) in [5.74, 6) is 0.264. The van der Waals surface area contributed by atoms with Crippen molar-refractivity contribution in [2.75, 3.05) is 19.6 Å². The molecule has 4 heteroatoms. The molecule has 0 radical (unpaired) electrons. The highest BCUT2D eigenvalue weighted by atomic mass is 16.6. The number of likely N-dealkylation sites (tertiary alicyclic amines) is 1. The van der Waals surface area contributed by atoms with Crippen LogP contribution in [-0.4, -0.2) is 35.5 Å². The molecular formula is C8H16N2O2. The van der Waals surface area contributed by atoms with Gasteiger partial charge in [-0.3, -0.25) is 15.0 Å². The van der Waals surface area contributed by atoms with E-state index in [4.69, 9.17) is 0 Å². The zero-order chi connectivity index (χ0) is 9.14. The lowest BCUT2D eigenvalue weighted by Crippen LogP contribution is -2.28. The van der Waals surface area contributed by atoms with E-state index in [0.29, 0.717) is 6.54 Å². The lowest BCUT2D eigenvalue weighted by Gasteiger charge is -2.09. The smallest absolute Gasteiger partial charge is 0.229 e. The molecule has 12 heavy (non-hydrogen) atoms. The zero-order valence-corrected chi connectivity index (χ0v) is 7.69. The van der Waals surface area contributed by atoms with Crippen LogP contribution < -0.4 is 0 Å².